The van der Waals surface area contributed by atoms with Crippen LogP contribution in [0.25, 0.3) is 16.7 Å². The molecule has 0 aliphatic carbocycles. The lowest BCUT2D eigenvalue weighted by Gasteiger charge is -2.09. The van der Waals surface area contributed by atoms with E-state index < -0.39 is 5.97 Å². The number of benzene rings is 1. The fourth-order valence-electron chi connectivity index (χ4n) is 2.51. The molecule has 0 spiro atoms. The third kappa shape index (κ3) is 2.64. The van der Waals surface area contributed by atoms with E-state index in [0.717, 1.165) is 16.5 Å². The highest BCUT2D eigenvalue weighted by Gasteiger charge is 2.18. The van der Waals surface area contributed by atoms with Gasteiger partial charge in [0, 0.05) is 11.5 Å². The predicted octanol–water partition coefficient (Wildman–Crippen LogP) is 2.50. The summed E-state index contributed by atoms with van der Waals surface area (Å²) < 4.78 is 11.6. The van der Waals surface area contributed by atoms with Crippen LogP contribution >= 0.6 is 0 Å². The number of anilines is 1. The van der Waals surface area contributed by atoms with Crippen LogP contribution in [0.15, 0.2) is 30.5 Å². The number of fused-ring (bicyclic) bond motifs is 1. The first-order valence-corrected chi connectivity index (χ1v) is 7.51. The Labute approximate surface area is 139 Å². The molecule has 2 aromatic heterocycles. The van der Waals surface area contributed by atoms with Crippen molar-refractivity contribution in [1.82, 2.24) is 14.8 Å². The molecule has 24 heavy (non-hydrogen) atoms. The first kappa shape index (κ1) is 15.8. The maximum Gasteiger partial charge on any atom is 0.343 e. The number of aryl methyl sites for hydroxylation is 1. The van der Waals surface area contributed by atoms with Gasteiger partial charge in [0.05, 0.1) is 25.4 Å². The van der Waals surface area contributed by atoms with Gasteiger partial charge in [-0.1, -0.05) is 0 Å². The quantitative estimate of drug-likeness (QED) is 0.741. The maximum atomic E-state index is 11.9. The van der Waals surface area contributed by atoms with Crippen molar-refractivity contribution in [2.45, 2.75) is 13.8 Å². The van der Waals surface area contributed by atoms with Crippen molar-refractivity contribution < 1.29 is 14.3 Å². The molecule has 2 N–H and O–H groups in total. The van der Waals surface area contributed by atoms with E-state index >= 15 is 0 Å². The zero-order valence-electron chi connectivity index (χ0n) is 13.7. The van der Waals surface area contributed by atoms with Gasteiger partial charge < -0.3 is 15.2 Å². The molecule has 3 aromatic rings. The Kier molecular flexibility index (Phi) is 4.07. The van der Waals surface area contributed by atoms with Crippen molar-refractivity contribution in [1.29, 1.82) is 0 Å². The van der Waals surface area contributed by atoms with Crippen LogP contribution in [0.4, 0.5) is 5.82 Å². The number of nitrogens with zero attached hydrogens (tertiary/aromatic N) is 3. The van der Waals surface area contributed by atoms with Crippen LogP contribution in [-0.4, -0.2) is 34.5 Å². The SMILES string of the molecule is CCOC(=O)c1cnn(-c2cc(C)c3ccc(OC)cc3n2)c1N. The lowest BCUT2D eigenvalue weighted by atomic mass is 10.1. The Hall–Kier alpha value is -3.09. The second-order valence-electron chi connectivity index (χ2n) is 5.26. The zero-order valence-corrected chi connectivity index (χ0v) is 13.7. The summed E-state index contributed by atoms with van der Waals surface area (Å²) in [7, 11) is 1.61. The number of nitrogens with two attached hydrogens (primary N) is 1. The van der Waals surface area contributed by atoms with Crippen LogP contribution in [0.2, 0.25) is 0 Å². The molecule has 3 rings (SSSR count). The summed E-state index contributed by atoms with van der Waals surface area (Å²) >= 11 is 0. The third-order valence-electron chi connectivity index (χ3n) is 3.73. The number of hydrogen-bond acceptors (Lipinski definition) is 6. The van der Waals surface area contributed by atoms with E-state index in [2.05, 4.69) is 10.1 Å². The molecule has 7 nitrogen and oxygen atoms in total. The molecule has 0 atom stereocenters. The van der Waals surface area contributed by atoms with Gasteiger partial charge in [-0.3, -0.25) is 0 Å². The van der Waals surface area contributed by atoms with E-state index in [4.69, 9.17) is 15.2 Å². The van der Waals surface area contributed by atoms with Crippen molar-refractivity contribution in [3.05, 3.63) is 41.6 Å². The van der Waals surface area contributed by atoms with Gasteiger partial charge in [0.1, 0.15) is 17.1 Å². The van der Waals surface area contributed by atoms with Gasteiger partial charge in [-0.2, -0.15) is 9.78 Å². The van der Waals surface area contributed by atoms with Crippen LogP contribution in [0.3, 0.4) is 0 Å². The minimum atomic E-state index is -0.500. The number of pyridine rings is 1. The monoisotopic (exact) mass is 326 g/mol. The Morgan fingerprint density at radius 2 is 2.12 bits per heavy atom. The van der Waals surface area contributed by atoms with Crippen LogP contribution in [0, 0.1) is 6.92 Å². The number of carbonyl (C=O) groups is 1. The average Bonchev–Trinajstić information content (AvgIpc) is 2.96. The molecule has 0 radical (unpaired) electrons. The molecule has 0 aliphatic heterocycles. The number of hydrogen-bond donors (Lipinski definition) is 1. The van der Waals surface area contributed by atoms with Crippen LogP contribution < -0.4 is 10.5 Å². The lowest BCUT2D eigenvalue weighted by Crippen LogP contribution is -2.10. The van der Waals surface area contributed by atoms with Crippen LogP contribution in [0.5, 0.6) is 5.75 Å². The molecule has 0 saturated heterocycles. The Balaban J connectivity index is 2.11. The summed E-state index contributed by atoms with van der Waals surface area (Å²) in [6.45, 7) is 3.99. The molecular weight excluding hydrogens is 308 g/mol. The number of rotatable bonds is 4. The third-order valence-corrected chi connectivity index (χ3v) is 3.73. The summed E-state index contributed by atoms with van der Waals surface area (Å²) in [6, 6.07) is 7.56. The van der Waals surface area contributed by atoms with Crippen molar-refractivity contribution >= 4 is 22.7 Å². The average molecular weight is 326 g/mol. The summed E-state index contributed by atoms with van der Waals surface area (Å²) in [4.78, 5) is 16.5. The standard InChI is InChI=1S/C17H18N4O3/c1-4-24-17(22)13-9-19-21(16(13)18)15-7-10(2)12-6-5-11(23-3)8-14(12)20-15/h5-9H,4,18H2,1-3H3. The molecule has 0 amide bonds. The second kappa shape index (κ2) is 6.19. The van der Waals surface area contributed by atoms with E-state index in [-0.39, 0.29) is 18.0 Å². The highest BCUT2D eigenvalue weighted by atomic mass is 16.5. The van der Waals surface area contributed by atoms with Gasteiger partial charge in [0.15, 0.2) is 5.82 Å². The number of esters is 1. The van der Waals surface area contributed by atoms with Crippen molar-refractivity contribution in [3.63, 3.8) is 0 Å². The number of nitrogen functional groups attached to an aromatic ring is 1. The molecule has 0 bridgehead atoms. The first-order chi connectivity index (χ1) is 11.5. The van der Waals surface area contributed by atoms with Gasteiger partial charge >= 0.3 is 5.97 Å². The van der Waals surface area contributed by atoms with E-state index in [1.807, 2.05) is 31.2 Å². The topological polar surface area (TPSA) is 92.3 Å². The number of ether oxygens (including phenoxy) is 2. The number of methoxy groups -OCH3 is 1. The number of aromatic nitrogens is 3. The molecule has 2 heterocycles. The summed E-state index contributed by atoms with van der Waals surface area (Å²) in [6.07, 6.45) is 1.39. The summed E-state index contributed by atoms with van der Waals surface area (Å²) in [5.74, 6) is 0.941. The fourth-order valence-corrected chi connectivity index (χ4v) is 2.51. The minimum absolute atomic E-state index is 0.197. The van der Waals surface area contributed by atoms with Gasteiger partial charge in [0.25, 0.3) is 0 Å². The maximum absolute atomic E-state index is 11.9. The van der Waals surface area contributed by atoms with Crippen LogP contribution in [-0.2, 0) is 4.74 Å². The molecule has 1 aromatic carbocycles. The number of carbonyl (C=O) groups excluding carboxylic acids is 1. The molecule has 0 unspecified atom stereocenters. The fraction of sp³-hybridized carbons (Fsp3) is 0.235. The smallest absolute Gasteiger partial charge is 0.343 e. The van der Waals surface area contributed by atoms with E-state index in [0.29, 0.717) is 11.6 Å². The molecule has 0 aliphatic rings. The van der Waals surface area contributed by atoms with Crippen molar-refractivity contribution in [3.8, 4) is 11.6 Å². The molecule has 0 saturated carbocycles. The van der Waals surface area contributed by atoms with Crippen molar-refractivity contribution in [2.24, 2.45) is 0 Å². The first-order valence-electron chi connectivity index (χ1n) is 7.51. The second-order valence-corrected chi connectivity index (χ2v) is 5.26. The van der Waals surface area contributed by atoms with Crippen LogP contribution in [0.1, 0.15) is 22.8 Å². The molecule has 7 heteroatoms. The highest BCUT2D eigenvalue weighted by molar-refractivity contribution is 5.94. The van der Waals surface area contributed by atoms with Gasteiger partial charge in [-0.05, 0) is 37.6 Å². The predicted molar refractivity (Wildman–Crippen MR) is 90.5 cm³/mol. The summed E-state index contributed by atoms with van der Waals surface area (Å²) in [5, 5.41) is 5.19. The summed E-state index contributed by atoms with van der Waals surface area (Å²) in [5.41, 5.74) is 8.06. The van der Waals surface area contributed by atoms with E-state index in [1.165, 1.54) is 10.9 Å². The van der Waals surface area contributed by atoms with Gasteiger partial charge in [0.2, 0.25) is 0 Å². The van der Waals surface area contributed by atoms with Gasteiger partial charge in [-0.25, -0.2) is 9.78 Å². The van der Waals surface area contributed by atoms with Crippen molar-refractivity contribution in [2.75, 3.05) is 19.5 Å². The van der Waals surface area contributed by atoms with E-state index in [1.54, 1.807) is 14.0 Å². The molecular formula is C17H18N4O3. The molecule has 124 valence electrons. The lowest BCUT2D eigenvalue weighted by molar-refractivity contribution is 0.0527. The normalized spacial score (nSPS) is 10.8. The Morgan fingerprint density at radius 3 is 2.83 bits per heavy atom. The van der Waals surface area contributed by atoms with E-state index in [9.17, 15) is 4.79 Å². The van der Waals surface area contributed by atoms with Gasteiger partial charge in [-0.15, -0.1) is 0 Å². The Morgan fingerprint density at radius 1 is 1.33 bits per heavy atom. The Bertz CT molecular complexity index is 918. The minimum Gasteiger partial charge on any atom is -0.497 e. The highest BCUT2D eigenvalue weighted by Crippen LogP contribution is 2.25. The zero-order chi connectivity index (χ0) is 17.3. The largest absolute Gasteiger partial charge is 0.497 e. The molecule has 0 fully saturated rings.